The third-order valence-corrected chi connectivity index (χ3v) is 6.96. The fourth-order valence-electron chi connectivity index (χ4n) is 3.49. The summed E-state index contributed by atoms with van der Waals surface area (Å²) in [7, 11) is -0.0224. The van der Waals surface area contributed by atoms with Crippen molar-refractivity contribution in [1.29, 1.82) is 0 Å². The lowest BCUT2D eigenvalue weighted by molar-refractivity contribution is 0.677. The van der Waals surface area contributed by atoms with E-state index in [0.29, 0.717) is 0 Å². The molecule has 5 nitrogen and oxygen atoms in total. The van der Waals surface area contributed by atoms with Gasteiger partial charge in [0.25, 0.3) is 0 Å². The average molecular weight is 389 g/mol. The van der Waals surface area contributed by atoms with Crippen LogP contribution >= 0.6 is 0 Å². The fraction of sp³-hybridized carbons (Fsp3) is 0. The standard InChI is InChI=1S/C20H20N4OSi2/c26-25-27-20-18-7-5-16(23-18)10-14-3-1-12(21-14)9-13-2-4-15(22-13)11-17-6-8-19(20)24-17/h1-11,21-24H,27H2,26H3. The van der Waals surface area contributed by atoms with E-state index in [0.717, 1.165) is 54.7 Å². The maximum absolute atomic E-state index is 5.73. The number of hydrogen-bond donors (Lipinski definition) is 4. The summed E-state index contributed by atoms with van der Waals surface area (Å²) in [5, 5.41) is 5.61. The van der Waals surface area contributed by atoms with E-state index in [4.69, 9.17) is 4.12 Å². The lowest BCUT2D eigenvalue weighted by Gasteiger charge is -2.03. The molecule has 4 aromatic heterocycles. The minimum atomic E-state index is -0.784. The first-order chi connectivity index (χ1) is 13.3. The lowest BCUT2D eigenvalue weighted by atomic mass is 10.3. The Bertz CT molecular complexity index is 1350. The van der Waals surface area contributed by atoms with Crippen LogP contribution in [0.4, 0.5) is 0 Å². The predicted octanol–water partition coefficient (Wildman–Crippen LogP) is -1.66. The Morgan fingerprint density at radius 2 is 1.22 bits per heavy atom. The quantitative estimate of drug-likeness (QED) is 0.305. The topological polar surface area (TPSA) is 72.4 Å². The second kappa shape index (κ2) is 6.62. The van der Waals surface area contributed by atoms with Crippen molar-refractivity contribution >= 4 is 43.7 Å². The molecule has 0 atom stereocenters. The molecule has 0 spiro atoms. The van der Waals surface area contributed by atoms with E-state index in [-0.39, 0.29) is 0 Å². The maximum atomic E-state index is 5.73. The Hall–Kier alpha value is -3.01. The minimum Gasteiger partial charge on any atom is -0.465 e. The highest BCUT2D eigenvalue weighted by molar-refractivity contribution is 6.57. The molecule has 0 amide bonds. The Morgan fingerprint density at radius 3 is 1.93 bits per heavy atom. The first-order valence-electron chi connectivity index (χ1n) is 8.93. The van der Waals surface area contributed by atoms with E-state index < -0.39 is 9.76 Å². The summed E-state index contributed by atoms with van der Waals surface area (Å²) < 4.78 is 5.73. The van der Waals surface area contributed by atoms with Crippen LogP contribution < -0.4 is 21.4 Å². The first-order valence-corrected chi connectivity index (χ1v) is 11.0. The second-order valence-electron chi connectivity index (χ2n) is 6.74. The summed E-state index contributed by atoms with van der Waals surface area (Å²) in [5.74, 6) is 0. The molecular weight excluding hydrogens is 368 g/mol. The van der Waals surface area contributed by atoms with E-state index in [1.807, 2.05) is 0 Å². The SMILES string of the molecule is [SiH3]O[SiH2]C1=c2ccc([nH]2)=Cc2ccc([nH]2)C=c2ccc([nH]2)=Cc2ccc1[nH]2. The van der Waals surface area contributed by atoms with Crippen molar-refractivity contribution < 1.29 is 4.12 Å². The van der Waals surface area contributed by atoms with Crippen molar-refractivity contribution in [3.05, 3.63) is 92.7 Å². The van der Waals surface area contributed by atoms with E-state index in [9.17, 15) is 0 Å². The van der Waals surface area contributed by atoms with Gasteiger partial charge in [-0.15, -0.1) is 0 Å². The molecule has 0 aromatic carbocycles. The monoisotopic (exact) mass is 388 g/mol. The third kappa shape index (κ3) is 3.23. The molecule has 7 heteroatoms. The van der Waals surface area contributed by atoms with Gasteiger partial charge in [0.15, 0.2) is 9.76 Å². The Morgan fingerprint density at radius 1 is 0.630 bits per heavy atom. The van der Waals surface area contributed by atoms with Gasteiger partial charge in [0, 0.05) is 49.4 Å². The van der Waals surface area contributed by atoms with Gasteiger partial charge in [-0.2, -0.15) is 0 Å². The van der Waals surface area contributed by atoms with Crippen molar-refractivity contribution in [2.75, 3.05) is 0 Å². The highest BCUT2D eigenvalue weighted by Crippen LogP contribution is 2.11. The molecular formula is C20H20N4OSi2. The molecule has 0 aliphatic carbocycles. The zero-order valence-corrected chi connectivity index (χ0v) is 18.4. The van der Waals surface area contributed by atoms with E-state index in [2.05, 4.69) is 86.7 Å². The number of H-pyrrole nitrogens is 4. The zero-order chi connectivity index (χ0) is 18.2. The number of rotatable bonds is 2. The van der Waals surface area contributed by atoms with Crippen LogP contribution in [0.3, 0.4) is 0 Å². The second-order valence-corrected chi connectivity index (χ2v) is 10.0. The molecule has 27 heavy (non-hydrogen) atoms. The van der Waals surface area contributed by atoms with Gasteiger partial charge >= 0.3 is 0 Å². The Balaban J connectivity index is 1.80. The smallest absolute Gasteiger partial charge is 0.182 e. The summed E-state index contributed by atoms with van der Waals surface area (Å²) in [5.41, 5.74) is 4.34. The molecule has 5 rings (SSSR count). The Kier molecular flexibility index (Phi) is 3.97. The van der Waals surface area contributed by atoms with Crippen LogP contribution in [0, 0.1) is 0 Å². The normalized spacial score (nSPS) is 13.6. The molecule has 0 saturated carbocycles. The van der Waals surface area contributed by atoms with Gasteiger partial charge in [-0.25, -0.2) is 0 Å². The molecule has 0 fully saturated rings. The van der Waals surface area contributed by atoms with Crippen molar-refractivity contribution in [3.63, 3.8) is 0 Å². The fourth-order valence-corrected chi connectivity index (χ4v) is 5.37. The number of aromatic nitrogens is 4. The van der Waals surface area contributed by atoms with Crippen LogP contribution in [0.2, 0.25) is 0 Å². The molecule has 1 aliphatic heterocycles. The molecule has 0 saturated heterocycles. The first kappa shape index (κ1) is 16.2. The van der Waals surface area contributed by atoms with Gasteiger partial charge in [-0.1, -0.05) is 0 Å². The van der Waals surface area contributed by atoms with Crippen molar-refractivity contribution in [2.24, 2.45) is 0 Å². The van der Waals surface area contributed by atoms with Gasteiger partial charge in [-0.3, -0.25) is 0 Å². The average Bonchev–Trinajstić information content (AvgIpc) is 3.43. The highest BCUT2D eigenvalue weighted by atomic mass is 28.3. The molecule has 1 aliphatic rings. The van der Waals surface area contributed by atoms with Crippen LogP contribution in [-0.2, 0) is 4.12 Å². The van der Waals surface area contributed by atoms with E-state index in [1.54, 1.807) is 0 Å². The molecule has 0 unspecified atom stereocenters. The van der Waals surface area contributed by atoms with Gasteiger partial charge in [-0.05, 0) is 66.8 Å². The summed E-state index contributed by atoms with van der Waals surface area (Å²) in [6, 6.07) is 16.9. The van der Waals surface area contributed by atoms with Gasteiger partial charge < -0.3 is 24.1 Å². The molecule has 5 heterocycles. The molecule has 4 aromatic rings. The van der Waals surface area contributed by atoms with E-state index >= 15 is 0 Å². The Labute approximate surface area is 160 Å². The van der Waals surface area contributed by atoms with Gasteiger partial charge in [0.05, 0.1) is 0 Å². The number of aromatic amines is 4. The third-order valence-electron chi connectivity index (χ3n) is 4.75. The van der Waals surface area contributed by atoms with E-state index in [1.165, 1.54) is 5.20 Å². The highest BCUT2D eigenvalue weighted by Gasteiger charge is 2.07. The predicted molar refractivity (Wildman–Crippen MR) is 114 cm³/mol. The lowest BCUT2D eigenvalue weighted by Crippen LogP contribution is -2.18. The molecule has 134 valence electrons. The summed E-state index contributed by atoms with van der Waals surface area (Å²) in [4.78, 5) is 14.0. The van der Waals surface area contributed by atoms with Crippen LogP contribution in [0.1, 0.15) is 22.8 Å². The summed E-state index contributed by atoms with van der Waals surface area (Å²) >= 11 is 0. The number of nitrogens with one attached hydrogen (secondary N) is 4. The van der Waals surface area contributed by atoms with Crippen LogP contribution in [0.15, 0.2) is 48.5 Å². The molecule has 8 bridgehead atoms. The molecule has 4 N–H and O–H groups in total. The van der Waals surface area contributed by atoms with Crippen LogP contribution in [0.5, 0.6) is 0 Å². The largest absolute Gasteiger partial charge is 0.465 e. The van der Waals surface area contributed by atoms with Gasteiger partial charge in [0.1, 0.15) is 10.5 Å². The van der Waals surface area contributed by atoms with Gasteiger partial charge in [0.2, 0.25) is 0 Å². The maximum Gasteiger partial charge on any atom is 0.182 e. The number of hydrogen-bond acceptors (Lipinski definition) is 1. The summed E-state index contributed by atoms with van der Waals surface area (Å²) in [6.07, 6.45) is 6.36. The van der Waals surface area contributed by atoms with Crippen molar-refractivity contribution in [1.82, 2.24) is 19.9 Å². The zero-order valence-electron chi connectivity index (χ0n) is 15.0. The van der Waals surface area contributed by atoms with Crippen LogP contribution in [0.25, 0.3) is 23.4 Å². The van der Waals surface area contributed by atoms with Crippen LogP contribution in [-0.4, -0.2) is 40.2 Å². The summed E-state index contributed by atoms with van der Waals surface area (Å²) in [6.45, 7) is 0. The molecule has 0 radical (unpaired) electrons. The van der Waals surface area contributed by atoms with Crippen molar-refractivity contribution in [3.8, 4) is 0 Å². The number of fused-ring (bicyclic) bond motifs is 8. The van der Waals surface area contributed by atoms with Crippen molar-refractivity contribution in [2.45, 2.75) is 0 Å². The minimum absolute atomic E-state index is 0.761.